The Hall–Kier alpha value is -3.02. The molecule has 3 rings (SSSR count). The van der Waals surface area contributed by atoms with E-state index < -0.39 is 27.4 Å². The third kappa shape index (κ3) is 3.55. The van der Waals surface area contributed by atoms with Crippen LogP contribution in [0.3, 0.4) is 0 Å². The van der Waals surface area contributed by atoms with Gasteiger partial charge in [0.2, 0.25) is 15.9 Å². The average molecular weight is 431 g/mol. The second-order valence-electron chi connectivity index (χ2n) is 6.79. The summed E-state index contributed by atoms with van der Waals surface area (Å²) in [6.07, 6.45) is 2.69. The molecule has 0 aliphatic rings. The van der Waals surface area contributed by atoms with Crippen molar-refractivity contribution in [2.45, 2.75) is 12.5 Å². The fourth-order valence-corrected chi connectivity index (χ4v) is 4.34. The van der Waals surface area contributed by atoms with Crippen molar-refractivity contribution in [1.29, 1.82) is 5.26 Å². The fraction of sp³-hybridized carbons (Fsp3) is 0.200. The molecule has 29 heavy (non-hydrogen) atoms. The Morgan fingerprint density at radius 3 is 2.45 bits per heavy atom. The van der Waals surface area contributed by atoms with E-state index in [1.165, 1.54) is 0 Å². The Labute approximate surface area is 173 Å². The Morgan fingerprint density at radius 2 is 1.90 bits per heavy atom. The number of rotatable bonds is 6. The van der Waals surface area contributed by atoms with Crippen molar-refractivity contribution < 1.29 is 13.2 Å². The van der Waals surface area contributed by atoms with E-state index in [0.29, 0.717) is 27.2 Å². The molecule has 0 fully saturated rings. The number of hydrogen-bond donors (Lipinski definition) is 2. The van der Waals surface area contributed by atoms with Crippen molar-refractivity contribution >= 4 is 44.1 Å². The van der Waals surface area contributed by atoms with Gasteiger partial charge in [-0.15, -0.1) is 0 Å². The summed E-state index contributed by atoms with van der Waals surface area (Å²) in [4.78, 5) is 12.9. The van der Waals surface area contributed by atoms with Crippen LogP contribution in [-0.2, 0) is 20.4 Å². The second-order valence-corrected chi connectivity index (χ2v) is 8.97. The third-order valence-corrected chi connectivity index (χ3v) is 5.73. The first-order valence-electron chi connectivity index (χ1n) is 8.65. The number of nitrogens with one attached hydrogen (secondary N) is 1. The Kier molecular flexibility index (Phi) is 5.30. The highest BCUT2D eigenvalue weighted by molar-refractivity contribution is 7.92. The first kappa shape index (κ1) is 20.7. The number of halogens is 1. The molecule has 0 aliphatic heterocycles. The molecular formula is C20H19ClN4O3S. The number of carbonyl (C=O) groups excluding carboxylic acids is 1. The van der Waals surface area contributed by atoms with Gasteiger partial charge in [0.05, 0.1) is 29.4 Å². The number of amides is 1. The van der Waals surface area contributed by atoms with E-state index in [2.05, 4.69) is 10.8 Å². The fourth-order valence-electron chi connectivity index (χ4n) is 3.63. The largest absolute Gasteiger partial charge is 0.367 e. The summed E-state index contributed by atoms with van der Waals surface area (Å²) in [5.74, 6) is -1.55. The minimum absolute atomic E-state index is 0.364. The van der Waals surface area contributed by atoms with Crippen molar-refractivity contribution in [2.24, 2.45) is 11.7 Å². The number of fused-ring (bicyclic) bond motifs is 1. The van der Waals surface area contributed by atoms with Gasteiger partial charge in [0.25, 0.3) is 0 Å². The van der Waals surface area contributed by atoms with E-state index in [4.69, 9.17) is 17.3 Å². The van der Waals surface area contributed by atoms with Crippen LogP contribution in [0, 0.1) is 17.2 Å². The number of sulfonamides is 1. The second kappa shape index (κ2) is 7.43. The number of anilines is 1. The highest BCUT2D eigenvalue weighted by atomic mass is 35.5. The van der Waals surface area contributed by atoms with Crippen LogP contribution in [0.2, 0.25) is 5.02 Å². The van der Waals surface area contributed by atoms with E-state index >= 15 is 0 Å². The lowest BCUT2D eigenvalue weighted by Gasteiger charge is -2.36. The van der Waals surface area contributed by atoms with Crippen LogP contribution in [-0.4, -0.2) is 25.1 Å². The maximum atomic E-state index is 12.9. The van der Waals surface area contributed by atoms with Crippen LogP contribution in [0.4, 0.5) is 5.69 Å². The normalized spacial score (nSPS) is 14.7. The Balaban J connectivity index is 2.37. The van der Waals surface area contributed by atoms with Crippen LogP contribution in [0.25, 0.3) is 10.9 Å². The molecule has 0 radical (unpaired) electrons. The van der Waals surface area contributed by atoms with Gasteiger partial charge in [0.1, 0.15) is 0 Å². The topological polar surface area (TPSA) is 118 Å². The maximum absolute atomic E-state index is 12.9. The van der Waals surface area contributed by atoms with Gasteiger partial charge in [-0.3, -0.25) is 9.52 Å². The van der Waals surface area contributed by atoms with Crippen LogP contribution >= 0.6 is 11.6 Å². The number of benzene rings is 2. The first-order chi connectivity index (χ1) is 13.6. The molecule has 0 saturated carbocycles. The molecule has 3 aromatic rings. The summed E-state index contributed by atoms with van der Waals surface area (Å²) < 4.78 is 27.5. The van der Waals surface area contributed by atoms with Crippen LogP contribution in [0.5, 0.6) is 0 Å². The van der Waals surface area contributed by atoms with Gasteiger partial charge in [0, 0.05) is 16.6 Å². The van der Waals surface area contributed by atoms with E-state index in [-0.39, 0.29) is 0 Å². The number of carbonyl (C=O) groups is 1. The van der Waals surface area contributed by atoms with Gasteiger partial charge >= 0.3 is 0 Å². The lowest BCUT2D eigenvalue weighted by Crippen LogP contribution is -2.51. The van der Waals surface area contributed by atoms with Gasteiger partial charge < -0.3 is 10.3 Å². The van der Waals surface area contributed by atoms with E-state index in [1.54, 1.807) is 66.2 Å². The molecule has 2 aromatic carbocycles. The van der Waals surface area contributed by atoms with Gasteiger partial charge in [-0.25, -0.2) is 8.42 Å². The predicted octanol–water partition coefficient (Wildman–Crippen LogP) is 3.05. The first-order valence-corrected chi connectivity index (χ1v) is 10.9. The van der Waals surface area contributed by atoms with E-state index in [1.807, 2.05) is 0 Å². The molecule has 0 spiro atoms. The zero-order valence-electron chi connectivity index (χ0n) is 15.8. The highest BCUT2D eigenvalue weighted by Crippen LogP contribution is 2.39. The molecule has 1 aromatic heterocycles. The summed E-state index contributed by atoms with van der Waals surface area (Å²) in [7, 11) is -3.51. The molecule has 9 heteroatoms. The maximum Gasteiger partial charge on any atom is 0.249 e. The molecule has 1 amide bonds. The Bertz CT molecular complexity index is 1230. The molecule has 3 N–H and O–H groups in total. The van der Waals surface area contributed by atoms with Crippen LogP contribution in [0.15, 0.2) is 54.7 Å². The molecule has 2 atom stereocenters. The number of primary amides is 1. The zero-order chi connectivity index (χ0) is 21.4. The van der Waals surface area contributed by atoms with Crippen LogP contribution in [0.1, 0.15) is 12.5 Å². The van der Waals surface area contributed by atoms with Crippen molar-refractivity contribution in [1.82, 2.24) is 4.57 Å². The number of hydrogen-bond acceptors (Lipinski definition) is 4. The Morgan fingerprint density at radius 1 is 1.24 bits per heavy atom. The van der Waals surface area contributed by atoms with Crippen molar-refractivity contribution in [2.75, 3.05) is 11.0 Å². The van der Waals surface area contributed by atoms with Crippen molar-refractivity contribution in [3.63, 3.8) is 0 Å². The van der Waals surface area contributed by atoms with Crippen molar-refractivity contribution in [3.8, 4) is 6.07 Å². The number of nitrogens with zero attached hydrogens (tertiary/aromatic N) is 2. The zero-order valence-corrected chi connectivity index (χ0v) is 17.3. The molecule has 0 saturated heterocycles. The molecule has 0 aliphatic carbocycles. The van der Waals surface area contributed by atoms with E-state index in [0.717, 1.165) is 6.26 Å². The van der Waals surface area contributed by atoms with Crippen molar-refractivity contribution in [3.05, 3.63) is 65.3 Å². The van der Waals surface area contributed by atoms with Gasteiger partial charge in [-0.1, -0.05) is 29.8 Å². The molecule has 1 heterocycles. The van der Waals surface area contributed by atoms with Gasteiger partial charge in [-0.05, 0) is 42.8 Å². The minimum Gasteiger partial charge on any atom is -0.367 e. The summed E-state index contributed by atoms with van der Waals surface area (Å²) in [6.45, 7) is 1.61. The number of nitriles is 1. The highest BCUT2D eigenvalue weighted by Gasteiger charge is 2.46. The standard InChI is InChI=1S/C20H19ClN4O3S/c1-13(12-22)20(19(23)26,14-6-8-15(21)9-7-14)25-11-10-16-17(24-29(2,27)28)4-3-5-18(16)25/h3-11,13,24H,1-2H3,(H2,23,26). The van der Waals surface area contributed by atoms with Gasteiger partial charge in [0.15, 0.2) is 5.54 Å². The summed E-state index contributed by atoms with van der Waals surface area (Å²) in [6, 6.07) is 15.4. The predicted molar refractivity (Wildman–Crippen MR) is 113 cm³/mol. The molecule has 0 bridgehead atoms. The number of nitrogens with two attached hydrogens (primary N) is 1. The molecule has 7 nitrogen and oxygen atoms in total. The smallest absolute Gasteiger partial charge is 0.249 e. The van der Waals surface area contributed by atoms with Gasteiger partial charge in [-0.2, -0.15) is 5.26 Å². The monoisotopic (exact) mass is 430 g/mol. The van der Waals surface area contributed by atoms with Crippen LogP contribution < -0.4 is 10.5 Å². The number of aromatic nitrogens is 1. The lowest BCUT2D eigenvalue weighted by atomic mass is 9.78. The average Bonchev–Trinajstić information content (AvgIpc) is 3.07. The summed E-state index contributed by atoms with van der Waals surface area (Å²) in [5.41, 5.74) is 5.78. The summed E-state index contributed by atoms with van der Waals surface area (Å²) in [5, 5.41) is 10.8. The third-order valence-electron chi connectivity index (χ3n) is 4.89. The molecule has 150 valence electrons. The minimum atomic E-state index is -3.51. The summed E-state index contributed by atoms with van der Waals surface area (Å²) >= 11 is 6.00. The van der Waals surface area contributed by atoms with E-state index in [9.17, 15) is 18.5 Å². The molecular weight excluding hydrogens is 412 g/mol. The molecule has 2 unspecified atom stereocenters. The quantitative estimate of drug-likeness (QED) is 0.624. The lowest BCUT2D eigenvalue weighted by molar-refractivity contribution is -0.125. The SMILES string of the molecule is CC(C#N)C(C(N)=O)(c1ccc(Cl)cc1)n1ccc2c(NS(C)(=O)=O)cccc21.